The standard InChI is InChI=1S/C11H15N3O2/c12-10-3-2-9(8-13-10)11(15)14-4-1-6-16-7-5-14/h2-3,8H,1,4-7H2,(H2,12,13). The molecule has 0 bridgehead atoms. The van der Waals surface area contributed by atoms with Gasteiger partial charge >= 0.3 is 0 Å². The van der Waals surface area contributed by atoms with E-state index in [1.165, 1.54) is 6.20 Å². The van der Waals surface area contributed by atoms with Gasteiger partial charge in [0.05, 0.1) is 12.2 Å². The maximum atomic E-state index is 12.1. The predicted octanol–water partition coefficient (Wildman–Crippen LogP) is 0.526. The summed E-state index contributed by atoms with van der Waals surface area (Å²) in [4.78, 5) is 17.8. The SMILES string of the molecule is Nc1ccc(C(=O)N2CCCOCC2)cn1. The molecule has 1 amide bonds. The molecule has 1 aromatic rings. The van der Waals surface area contributed by atoms with Gasteiger partial charge in [-0.25, -0.2) is 4.98 Å². The summed E-state index contributed by atoms with van der Waals surface area (Å²) in [5, 5.41) is 0. The van der Waals surface area contributed by atoms with E-state index in [4.69, 9.17) is 10.5 Å². The van der Waals surface area contributed by atoms with Crippen LogP contribution in [0.5, 0.6) is 0 Å². The second-order valence-corrected chi connectivity index (χ2v) is 3.73. The molecule has 0 aromatic carbocycles. The Morgan fingerprint density at radius 1 is 1.38 bits per heavy atom. The number of hydrogen-bond acceptors (Lipinski definition) is 4. The first kappa shape index (κ1) is 10.9. The number of nitrogens with zero attached hydrogens (tertiary/aromatic N) is 2. The molecule has 86 valence electrons. The minimum absolute atomic E-state index is 0.00185. The van der Waals surface area contributed by atoms with E-state index in [2.05, 4.69) is 4.98 Å². The van der Waals surface area contributed by atoms with Gasteiger partial charge < -0.3 is 15.4 Å². The zero-order valence-electron chi connectivity index (χ0n) is 9.06. The first-order valence-electron chi connectivity index (χ1n) is 5.36. The molecule has 1 aliphatic rings. The van der Waals surface area contributed by atoms with Gasteiger partial charge in [0.25, 0.3) is 5.91 Å². The molecule has 2 heterocycles. The lowest BCUT2D eigenvalue weighted by atomic mass is 10.2. The highest BCUT2D eigenvalue weighted by Crippen LogP contribution is 2.08. The Morgan fingerprint density at radius 3 is 3.00 bits per heavy atom. The fraction of sp³-hybridized carbons (Fsp3) is 0.455. The fourth-order valence-corrected chi connectivity index (χ4v) is 1.66. The summed E-state index contributed by atoms with van der Waals surface area (Å²) in [5.41, 5.74) is 6.05. The van der Waals surface area contributed by atoms with E-state index in [1.54, 1.807) is 17.0 Å². The molecule has 5 nitrogen and oxygen atoms in total. The number of ether oxygens (including phenoxy) is 1. The topological polar surface area (TPSA) is 68.5 Å². The van der Waals surface area contributed by atoms with Crippen LogP contribution in [0.1, 0.15) is 16.8 Å². The molecule has 2 N–H and O–H groups in total. The van der Waals surface area contributed by atoms with Gasteiger partial charge in [0.1, 0.15) is 5.82 Å². The summed E-state index contributed by atoms with van der Waals surface area (Å²) in [6, 6.07) is 3.35. The lowest BCUT2D eigenvalue weighted by Gasteiger charge is -2.19. The van der Waals surface area contributed by atoms with Crippen molar-refractivity contribution in [3.05, 3.63) is 23.9 Å². The minimum atomic E-state index is -0.00185. The van der Waals surface area contributed by atoms with Crippen molar-refractivity contribution in [3.8, 4) is 0 Å². The van der Waals surface area contributed by atoms with Crippen LogP contribution in [-0.4, -0.2) is 42.1 Å². The van der Waals surface area contributed by atoms with Gasteiger partial charge in [0.15, 0.2) is 0 Å². The maximum Gasteiger partial charge on any atom is 0.255 e. The lowest BCUT2D eigenvalue weighted by molar-refractivity contribution is 0.0741. The molecule has 0 aliphatic carbocycles. The monoisotopic (exact) mass is 221 g/mol. The predicted molar refractivity (Wildman–Crippen MR) is 60.0 cm³/mol. The molecule has 0 radical (unpaired) electrons. The highest BCUT2D eigenvalue weighted by molar-refractivity contribution is 5.94. The largest absolute Gasteiger partial charge is 0.384 e. The molecule has 16 heavy (non-hydrogen) atoms. The van der Waals surface area contributed by atoms with Crippen molar-refractivity contribution >= 4 is 11.7 Å². The quantitative estimate of drug-likeness (QED) is 0.751. The zero-order valence-corrected chi connectivity index (χ0v) is 9.06. The Hall–Kier alpha value is -1.62. The Labute approximate surface area is 94.2 Å². The molecule has 1 aromatic heterocycles. The Bertz CT molecular complexity index is 356. The third kappa shape index (κ3) is 2.49. The van der Waals surface area contributed by atoms with Crippen LogP contribution in [0.25, 0.3) is 0 Å². The van der Waals surface area contributed by atoms with Crippen molar-refractivity contribution < 1.29 is 9.53 Å². The molecule has 0 saturated carbocycles. The molecule has 1 aliphatic heterocycles. The number of carbonyl (C=O) groups excluding carboxylic acids is 1. The van der Waals surface area contributed by atoms with E-state index in [0.29, 0.717) is 24.5 Å². The summed E-state index contributed by atoms with van der Waals surface area (Å²) in [6.07, 6.45) is 2.40. The molecule has 0 spiro atoms. The van der Waals surface area contributed by atoms with Crippen LogP contribution in [0.15, 0.2) is 18.3 Å². The van der Waals surface area contributed by atoms with Crippen molar-refractivity contribution in [2.75, 3.05) is 32.0 Å². The molecule has 0 atom stereocenters. The average molecular weight is 221 g/mol. The van der Waals surface area contributed by atoms with E-state index >= 15 is 0 Å². The molecule has 0 unspecified atom stereocenters. The Kier molecular flexibility index (Phi) is 3.36. The van der Waals surface area contributed by atoms with Crippen LogP contribution in [0, 0.1) is 0 Å². The van der Waals surface area contributed by atoms with E-state index in [-0.39, 0.29) is 5.91 Å². The van der Waals surface area contributed by atoms with Gasteiger partial charge in [-0.2, -0.15) is 0 Å². The molecule has 2 rings (SSSR count). The number of rotatable bonds is 1. The third-order valence-corrected chi connectivity index (χ3v) is 2.54. The van der Waals surface area contributed by atoms with Crippen LogP contribution in [0.2, 0.25) is 0 Å². The van der Waals surface area contributed by atoms with Gasteiger partial charge in [0.2, 0.25) is 0 Å². The number of pyridine rings is 1. The minimum Gasteiger partial charge on any atom is -0.384 e. The first-order chi connectivity index (χ1) is 7.77. The third-order valence-electron chi connectivity index (χ3n) is 2.54. The number of hydrogen-bond donors (Lipinski definition) is 1. The van der Waals surface area contributed by atoms with E-state index < -0.39 is 0 Å². The van der Waals surface area contributed by atoms with Crippen molar-refractivity contribution in [2.24, 2.45) is 0 Å². The average Bonchev–Trinajstić information content (AvgIpc) is 2.57. The van der Waals surface area contributed by atoms with Crippen LogP contribution in [-0.2, 0) is 4.74 Å². The van der Waals surface area contributed by atoms with Crippen LogP contribution < -0.4 is 5.73 Å². The number of nitrogen functional groups attached to an aromatic ring is 1. The van der Waals surface area contributed by atoms with E-state index in [0.717, 1.165) is 19.6 Å². The summed E-state index contributed by atoms with van der Waals surface area (Å²) in [7, 11) is 0. The number of amides is 1. The summed E-state index contributed by atoms with van der Waals surface area (Å²) in [5.74, 6) is 0.425. The van der Waals surface area contributed by atoms with Gasteiger partial charge in [0, 0.05) is 25.9 Å². The van der Waals surface area contributed by atoms with Crippen LogP contribution >= 0.6 is 0 Å². The smallest absolute Gasteiger partial charge is 0.255 e. The van der Waals surface area contributed by atoms with Crippen molar-refractivity contribution in [1.29, 1.82) is 0 Å². The molecular formula is C11H15N3O2. The maximum absolute atomic E-state index is 12.1. The second kappa shape index (κ2) is 4.94. The van der Waals surface area contributed by atoms with Crippen LogP contribution in [0.3, 0.4) is 0 Å². The normalized spacial score (nSPS) is 16.9. The number of anilines is 1. The second-order valence-electron chi connectivity index (χ2n) is 3.73. The molecule has 1 saturated heterocycles. The van der Waals surface area contributed by atoms with E-state index in [1.807, 2.05) is 0 Å². The summed E-state index contributed by atoms with van der Waals surface area (Å²) < 4.78 is 5.30. The number of carbonyl (C=O) groups is 1. The Balaban J connectivity index is 2.08. The highest BCUT2D eigenvalue weighted by atomic mass is 16.5. The summed E-state index contributed by atoms with van der Waals surface area (Å²) in [6.45, 7) is 2.71. The van der Waals surface area contributed by atoms with Gasteiger partial charge in [-0.15, -0.1) is 0 Å². The van der Waals surface area contributed by atoms with E-state index in [9.17, 15) is 4.79 Å². The fourth-order valence-electron chi connectivity index (χ4n) is 1.66. The van der Waals surface area contributed by atoms with Gasteiger partial charge in [-0.1, -0.05) is 0 Å². The van der Waals surface area contributed by atoms with Crippen LogP contribution in [0.4, 0.5) is 5.82 Å². The van der Waals surface area contributed by atoms with Crippen molar-refractivity contribution in [1.82, 2.24) is 9.88 Å². The molecular weight excluding hydrogens is 206 g/mol. The van der Waals surface area contributed by atoms with Gasteiger partial charge in [-0.3, -0.25) is 4.79 Å². The molecule has 1 fully saturated rings. The summed E-state index contributed by atoms with van der Waals surface area (Å²) >= 11 is 0. The van der Waals surface area contributed by atoms with Gasteiger partial charge in [-0.05, 0) is 18.6 Å². The van der Waals surface area contributed by atoms with Crippen molar-refractivity contribution in [3.63, 3.8) is 0 Å². The first-order valence-corrected chi connectivity index (χ1v) is 5.36. The highest BCUT2D eigenvalue weighted by Gasteiger charge is 2.17. The van der Waals surface area contributed by atoms with Crippen molar-refractivity contribution in [2.45, 2.75) is 6.42 Å². The molecule has 5 heteroatoms. The number of nitrogens with two attached hydrogens (primary N) is 1. The number of aromatic nitrogens is 1. The lowest BCUT2D eigenvalue weighted by Crippen LogP contribution is -2.33. The zero-order chi connectivity index (χ0) is 11.4. The Morgan fingerprint density at radius 2 is 2.25 bits per heavy atom.